The maximum atomic E-state index is 13.5. The van der Waals surface area contributed by atoms with Gasteiger partial charge < -0.3 is 25.3 Å². The number of likely N-dealkylation sites (N-methyl/N-ethyl adjacent to an activating group) is 1. The first kappa shape index (κ1) is 22.5. The number of phenols is 1. The van der Waals surface area contributed by atoms with E-state index in [0.29, 0.717) is 18.5 Å². The zero-order valence-electron chi connectivity index (χ0n) is 18.5. The fourth-order valence-electron chi connectivity index (χ4n) is 5.46. The van der Waals surface area contributed by atoms with Gasteiger partial charge >= 0.3 is 0 Å². The summed E-state index contributed by atoms with van der Waals surface area (Å²) < 4.78 is 0. The molecule has 32 heavy (non-hydrogen) atoms. The lowest BCUT2D eigenvalue weighted by Gasteiger charge is -2.49. The summed E-state index contributed by atoms with van der Waals surface area (Å²) in [6, 6.07) is 2.39. The number of hydrogen-bond donors (Lipinski definition) is 4. The molecule has 0 amide bonds. The highest BCUT2D eigenvalue weighted by atomic mass is 16.7. The second-order valence-corrected chi connectivity index (χ2v) is 9.01. The standard InChI is InChI=1S/C23H28N2O7/c1-24(2)20-14-8-12-7-13-11(10-25(3)32-4)5-6-15(26)19(13)21(29)18(12)22(30)23(14,31)17(28)9-16(20)27/h5-6,9,12,14,20,26,28-29,31H,7-8,10H2,1-4H3. The van der Waals surface area contributed by atoms with Gasteiger partial charge in [-0.05, 0) is 50.0 Å². The minimum atomic E-state index is -2.32. The van der Waals surface area contributed by atoms with E-state index in [4.69, 9.17) is 4.84 Å². The molecule has 4 N–H and O–H groups in total. The van der Waals surface area contributed by atoms with Crippen LogP contribution in [-0.2, 0) is 27.4 Å². The molecule has 4 rings (SSSR count). The molecule has 4 atom stereocenters. The molecule has 0 bridgehead atoms. The molecule has 0 saturated heterocycles. The Labute approximate surface area is 185 Å². The van der Waals surface area contributed by atoms with Crippen molar-refractivity contribution in [1.82, 2.24) is 9.96 Å². The summed E-state index contributed by atoms with van der Waals surface area (Å²) in [5.41, 5.74) is -0.706. The number of aromatic hydroxyl groups is 1. The average Bonchev–Trinajstić information content (AvgIpc) is 2.72. The third kappa shape index (κ3) is 3.07. The van der Waals surface area contributed by atoms with Crippen molar-refractivity contribution in [2.24, 2.45) is 11.8 Å². The van der Waals surface area contributed by atoms with Crippen LogP contribution in [0, 0.1) is 11.8 Å². The molecule has 1 saturated carbocycles. The molecule has 0 aromatic heterocycles. The normalized spacial score (nSPS) is 29.7. The van der Waals surface area contributed by atoms with Crippen LogP contribution in [0.2, 0.25) is 0 Å². The summed E-state index contributed by atoms with van der Waals surface area (Å²) in [5.74, 6) is -3.89. The van der Waals surface area contributed by atoms with Gasteiger partial charge in [0.1, 0.15) is 17.3 Å². The number of hydrogen-bond acceptors (Lipinski definition) is 9. The van der Waals surface area contributed by atoms with Crippen molar-refractivity contribution in [2.45, 2.75) is 31.0 Å². The molecule has 0 radical (unpaired) electrons. The molecule has 4 unspecified atom stereocenters. The topological polar surface area (TPSA) is 131 Å². The highest BCUT2D eigenvalue weighted by molar-refractivity contribution is 6.13. The van der Waals surface area contributed by atoms with Gasteiger partial charge in [0.15, 0.2) is 11.4 Å². The van der Waals surface area contributed by atoms with Crippen molar-refractivity contribution < 1.29 is 34.9 Å². The summed E-state index contributed by atoms with van der Waals surface area (Å²) in [4.78, 5) is 33.0. The van der Waals surface area contributed by atoms with E-state index in [0.717, 1.165) is 11.6 Å². The van der Waals surface area contributed by atoms with Crippen LogP contribution in [-0.4, -0.2) is 81.9 Å². The van der Waals surface area contributed by atoms with Gasteiger partial charge in [0, 0.05) is 31.2 Å². The van der Waals surface area contributed by atoms with E-state index in [2.05, 4.69) is 0 Å². The molecule has 0 spiro atoms. The molecule has 3 aliphatic rings. The number of rotatable bonds is 4. The van der Waals surface area contributed by atoms with E-state index in [1.807, 2.05) is 0 Å². The van der Waals surface area contributed by atoms with Gasteiger partial charge in [0.05, 0.1) is 18.7 Å². The third-order valence-corrected chi connectivity index (χ3v) is 7.01. The van der Waals surface area contributed by atoms with Gasteiger partial charge in [-0.25, -0.2) is 0 Å². The molecule has 172 valence electrons. The van der Waals surface area contributed by atoms with Crippen LogP contribution in [0.15, 0.2) is 29.5 Å². The number of phenolic OH excluding ortho intramolecular Hbond substituents is 1. The molecule has 9 nitrogen and oxygen atoms in total. The number of carbonyl (C=O) groups is 2. The molecular formula is C23H28N2O7. The predicted molar refractivity (Wildman–Crippen MR) is 115 cm³/mol. The van der Waals surface area contributed by atoms with Crippen LogP contribution < -0.4 is 0 Å². The number of aliphatic hydroxyl groups is 3. The van der Waals surface area contributed by atoms with Crippen LogP contribution in [0.4, 0.5) is 0 Å². The summed E-state index contributed by atoms with van der Waals surface area (Å²) in [6.45, 7) is 0.387. The van der Waals surface area contributed by atoms with Gasteiger partial charge in [-0.15, -0.1) is 0 Å². The first-order valence-corrected chi connectivity index (χ1v) is 10.4. The van der Waals surface area contributed by atoms with Gasteiger partial charge in [0.25, 0.3) is 0 Å². The Bertz CT molecular complexity index is 1060. The van der Waals surface area contributed by atoms with E-state index in [9.17, 15) is 30.0 Å². The average molecular weight is 444 g/mol. The van der Waals surface area contributed by atoms with E-state index in [1.165, 1.54) is 13.2 Å². The molecular weight excluding hydrogens is 416 g/mol. The molecule has 1 aromatic rings. The molecule has 1 aromatic carbocycles. The zero-order chi connectivity index (χ0) is 23.5. The van der Waals surface area contributed by atoms with Crippen molar-refractivity contribution in [3.63, 3.8) is 0 Å². The van der Waals surface area contributed by atoms with Crippen LogP contribution >= 0.6 is 0 Å². The molecule has 1 fully saturated rings. The van der Waals surface area contributed by atoms with Crippen LogP contribution in [0.5, 0.6) is 5.75 Å². The fraction of sp³-hybridized carbons (Fsp3) is 0.478. The highest BCUT2D eigenvalue weighted by Crippen LogP contribution is 2.52. The predicted octanol–water partition coefficient (Wildman–Crippen LogP) is 1.10. The number of fused-ring (bicyclic) bond motifs is 3. The minimum absolute atomic E-state index is 0.0319. The molecule has 3 aliphatic carbocycles. The van der Waals surface area contributed by atoms with E-state index < -0.39 is 40.8 Å². The largest absolute Gasteiger partial charge is 0.509 e. The van der Waals surface area contributed by atoms with Crippen LogP contribution in [0.1, 0.15) is 23.1 Å². The number of Topliss-reactive ketones (excluding diaryl/α,β-unsaturated/α-hetero) is 1. The Kier molecular flexibility index (Phi) is 5.41. The minimum Gasteiger partial charge on any atom is -0.509 e. The first-order valence-electron chi connectivity index (χ1n) is 10.4. The Morgan fingerprint density at radius 1 is 1.16 bits per heavy atom. The number of carbonyl (C=O) groups excluding carboxylic acids is 2. The van der Waals surface area contributed by atoms with Crippen molar-refractivity contribution >= 4 is 17.3 Å². The van der Waals surface area contributed by atoms with Crippen molar-refractivity contribution in [1.29, 1.82) is 0 Å². The number of ketones is 2. The van der Waals surface area contributed by atoms with Crippen molar-refractivity contribution in [3.05, 3.63) is 46.2 Å². The molecule has 9 heteroatoms. The number of benzene rings is 1. The zero-order valence-corrected chi connectivity index (χ0v) is 18.5. The Morgan fingerprint density at radius 2 is 1.84 bits per heavy atom. The van der Waals surface area contributed by atoms with E-state index in [1.54, 1.807) is 37.2 Å². The van der Waals surface area contributed by atoms with E-state index in [-0.39, 0.29) is 29.1 Å². The second kappa shape index (κ2) is 7.70. The number of hydroxylamine groups is 2. The summed E-state index contributed by atoms with van der Waals surface area (Å²) in [5, 5.41) is 45.0. The summed E-state index contributed by atoms with van der Waals surface area (Å²) in [7, 11) is 6.64. The molecule has 0 aliphatic heterocycles. The third-order valence-electron chi connectivity index (χ3n) is 7.01. The quantitative estimate of drug-likeness (QED) is 0.504. The highest BCUT2D eigenvalue weighted by Gasteiger charge is 2.61. The Morgan fingerprint density at radius 3 is 2.47 bits per heavy atom. The first-order chi connectivity index (χ1) is 15.0. The van der Waals surface area contributed by atoms with Gasteiger partial charge in [0.2, 0.25) is 5.78 Å². The Hall–Kier alpha value is -2.72. The van der Waals surface area contributed by atoms with E-state index >= 15 is 0 Å². The van der Waals surface area contributed by atoms with Crippen molar-refractivity contribution in [2.75, 3.05) is 28.3 Å². The second-order valence-electron chi connectivity index (χ2n) is 9.01. The maximum absolute atomic E-state index is 13.5. The monoisotopic (exact) mass is 444 g/mol. The lowest BCUT2D eigenvalue weighted by atomic mass is 9.58. The maximum Gasteiger partial charge on any atom is 0.202 e. The summed E-state index contributed by atoms with van der Waals surface area (Å²) >= 11 is 0. The molecule has 0 heterocycles. The lowest BCUT2D eigenvalue weighted by Crippen LogP contribution is -2.64. The van der Waals surface area contributed by atoms with Crippen LogP contribution in [0.25, 0.3) is 5.76 Å². The van der Waals surface area contributed by atoms with Gasteiger partial charge in [-0.2, -0.15) is 5.06 Å². The van der Waals surface area contributed by atoms with Gasteiger partial charge in [-0.1, -0.05) is 6.07 Å². The van der Waals surface area contributed by atoms with Crippen molar-refractivity contribution in [3.8, 4) is 5.75 Å². The lowest BCUT2D eigenvalue weighted by molar-refractivity contribution is -0.152. The SMILES string of the molecule is CON(C)Cc1ccc(O)c2c1CC1CC3C(N(C)C)C(=O)C=C(O)C3(O)C(=O)C1=C2O. The smallest absolute Gasteiger partial charge is 0.202 e. The van der Waals surface area contributed by atoms with Crippen LogP contribution in [0.3, 0.4) is 0 Å². The Balaban J connectivity index is 1.88. The number of nitrogens with zero attached hydrogens (tertiary/aromatic N) is 2. The fourth-order valence-corrected chi connectivity index (χ4v) is 5.46. The number of aliphatic hydroxyl groups excluding tert-OH is 2. The van der Waals surface area contributed by atoms with Gasteiger partial charge in [-0.3, -0.25) is 14.5 Å². The summed E-state index contributed by atoms with van der Waals surface area (Å²) in [6.07, 6.45) is 1.42.